The summed E-state index contributed by atoms with van der Waals surface area (Å²) in [6.07, 6.45) is 2.51. The predicted molar refractivity (Wildman–Crippen MR) is 231 cm³/mol. The third-order valence-electron chi connectivity index (χ3n) is 11.8. The van der Waals surface area contributed by atoms with Crippen LogP contribution in [0.15, 0.2) is 103 Å². The number of rotatable bonds is 11. The summed E-state index contributed by atoms with van der Waals surface area (Å²) in [6.45, 7) is 4.24. The number of aromatic amines is 2. The molecule has 5 atom stereocenters. The van der Waals surface area contributed by atoms with Crippen LogP contribution in [-0.4, -0.2) is 93.3 Å². The number of alkyl halides is 1. The Hall–Kier alpha value is -7.03. The van der Waals surface area contributed by atoms with Gasteiger partial charge in [0.15, 0.2) is 0 Å². The number of carbonyl (C=O) groups excluding carboxylic acids is 4. The quantitative estimate of drug-likeness (QED) is 0.101. The molecule has 0 saturated carbocycles. The Morgan fingerprint density at radius 2 is 1.29 bits per heavy atom. The molecule has 0 bridgehead atoms. The minimum absolute atomic E-state index is 0.0724. The number of imidazole rings is 2. The minimum atomic E-state index is -1.26. The maximum Gasteiger partial charge on any atom is 0.407 e. The number of nitrogens with zero attached hydrogens (tertiary/aromatic N) is 4. The summed E-state index contributed by atoms with van der Waals surface area (Å²) in [5, 5.41) is 7.43. The zero-order valence-electron chi connectivity index (χ0n) is 34.9. The fourth-order valence-corrected chi connectivity index (χ4v) is 8.50. The van der Waals surface area contributed by atoms with Crippen LogP contribution >= 0.6 is 0 Å². The molecule has 0 aliphatic carbocycles. The van der Waals surface area contributed by atoms with Crippen LogP contribution in [0.3, 0.4) is 0 Å². The molecular formula is C47H49FN8O6. The molecule has 2 fully saturated rings. The Bertz CT molecular complexity index is 2580. The highest BCUT2D eigenvalue weighted by Gasteiger charge is 2.42. The van der Waals surface area contributed by atoms with Crippen LogP contribution in [0.25, 0.3) is 44.4 Å². The molecule has 0 radical (unpaired) electrons. The fourth-order valence-electron chi connectivity index (χ4n) is 8.50. The van der Waals surface area contributed by atoms with Crippen LogP contribution in [0.5, 0.6) is 0 Å². The van der Waals surface area contributed by atoms with Crippen molar-refractivity contribution in [3.8, 4) is 33.6 Å². The molecule has 4 aromatic carbocycles. The van der Waals surface area contributed by atoms with Gasteiger partial charge in [0.05, 0.1) is 56.6 Å². The van der Waals surface area contributed by atoms with Crippen LogP contribution < -0.4 is 10.6 Å². The van der Waals surface area contributed by atoms with E-state index in [4.69, 9.17) is 14.5 Å². The number of likely N-dealkylation sites (tertiary alicyclic amines) is 2. The molecule has 0 spiro atoms. The van der Waals surface area contributed by atoms with Crippen molar-refractivity contribution in [1.82, 2.24) is 40.4 Å². The van der Waals surface area contributed by atoms with Gasteiger partial charge in [0.1, 0.15) is 29.9 Å². The van der Waals surface area contributed by atoms with Crippen molar-refractivity contribution in [1.29, 1.82) is 0 Å². The molecule has 4 N–H and O–H groups in total. The van der Waals surface area contributed by atoms with Crippen molar-refractivity contribution in [3.05, 3.63) is 121 Å². The molecule has 8 rings (SSSR count). The van der Waals surface area contributed by atoms with Crippen LogP contribution in [-0.2, 0) is 19.1 Å². The standard InChI is InChI=1S/C47H49FN8O6/c1-27(2)40(53-46(59)61-3)44(57)55-20-8-11-38(55)42-49-25-37(52-42)34-19-18-32-21-31(16-17-33(32)22-34)28-12-14-29(15-13-28)36-24-50-43(51-36)39-23-35(48)26-56(39)45(58)41(54-47(60)62-4)30-9-6-5-7-10-30/h5-7,9-10,12-19,21-22,24-25,27,35,38-41H,8,11,20,23,26H2,1-4H3,(H,49,52)(H,50,51)(H,53,59)(H,54,60). The number of benzene rings is 4. The Kier molecular flexibility index (Phi) is 12.0. The van der Waals surface area contributed by atoms with Gasteiger partial charge >= 0.3 is 12.2 Å². The molecule has 5 unspecified atom stereocenters. The number of halogens is 1. The highest BCUT2D eigenvalue weighted by molar-refractivity contribution is 5.91. The van der Waals surface area contributed by atoms with Gasteiger partial charge < -0.3 is 39.9 Å². The first-order valence-electron chi connectivity index (χ1n) is 20.7. The lowest BCUT2D eigenvalue weighted by Gasteiger charge is -2.30. The van der Waals surface area contributed by atoms with Gasteiger partial charge in [-0.25, -0.2) is 23.9 Å². The lowest BCUT2D eigenvalue weighted by Crippen LogP contribution is -2.51. The van der Waals surface area contributed by atoms with E-state index in [0.717, 1.165) is 57.3 Å². The Labute approximate surface area is 358 Å². The second-order valence-corrected chi connectivity index (χ2v) is 16.1. The molecule has 2 aliphatic rings. The summed E-state index contributed by atoms with van der Waals surface area (Å²) in [6, 6.07) is 26.8. The minimum Gasteiger partial charge on any atom is -0.453 e. The Balaban J connectivity index is 0.950. The molecule has 2 aliphatic heterocycles. The van der Waals surface area contributed by atoms with Crippen LogP contribution in [0, 0.1) is 5.92 Å². The number of H-pyrrole nitrogens is 2. The molecule has 2 aromatic heterocycles. The van der Waals surface area contributed by atoms with Gasteiger partial charge in [-0.15, -0.1) is 0 Å². The number of fused-ring (bicyclic) bond motifs is 1. The lowest BCUT2D eigenvalue weighted by molar-refractivity contribution is -0.136. The van der Waals surface area contributed by atoms with E-state index in [0.29, 0.717) is 23.8 Å². The first-order chi connectivity index (χ1) is 30.0. The molecule has 15 heteroatoms. The smallest absolute Gasteiger partial charge is 0.407 e. The largest absolute Gasteiger partial charge is 0.453 e. The third kappa shape index (κ3) is 8.60. The molecule has 4 heterocycles. The van der Waals surface area contributed by atoms with E-state index in [1.165, 1.54) is 19.1 Å². The van der Waals surface area contributed by atoms with Crippen molar-refractivity contribution >= 4 is 34.8 Å². The second-order valence-electron chi connectivity index (χ2n) is 16.1. The summed E-state index contributed by atoms with van der Waals surface area (Å²) < 4.78 is 24.5. The first kappa shape index (κ1) is 41.7. The molecule has 14 nitrogen and oxygen atoms in total. The van der Waals surface area contributed by atoms with Crippen LogP contribution in [0.4, 0.5) is 14.0 Å². The molecule has 2 saturated heterocycles. The summed E-state index contributed by atoms with van der Waals surface area (Å²) in [5.74, 6) is 0.449. The first-order valence-corrected chi connectivity index (χ1v) is 20.7. The lowest BCUT2D eigenvalue weighted by atomic mass is 9.98. The number of amides is 4. The predicted octanol–water partition coefficient (Wildman–Crippen LogP) is 8.04. The molecule has 4 amide bonds. The van der Waals surface area contributed by atoms with E-state index in [1.54, 1.807) is 41.6 Å². The highest BCUT2D eigenvalue weighted by Crippen LogP contribution is 2.37. The van der Waals surface area contributed by atoms with E-state index in [2.05, 4.69) is 62.0 Å². The summed E-state index contributed by atoms with van der Waals surface area (Å²) in [7, 11) is 2.51. The molecule has 320 valence electrons. The van der Waals surface area contributed by atoms with E-state index >= 15 is 0 Å². The Morgan fingerprint density at radius 1 is 0.710 bits per heavy atom. The summed E-state index contributed by atoms with van der Waals surface area (Å²) in [4.78, 5) is 71.0. The topological polar surface area (TPSA) is 175 Å². The average Bonchev–Trinajstić information content (AvgIpc) is 4.14. The number of alkyl carbamates (subject to hydrolysis) is 2. The number of hydrogen-bond acceptors (Lipinski definition) is 8. The maximum absolute atomic E-state index is 15.0. The van der Waals surface area contributed by atoms with E-state index in [-0.39, 0.29) is 30.8 Å². The van der Waals surface area contributed by atoms with Crippen LogP contribution in [0.1, 0.15) is 68.4 Å². The van der Waals surface area contributed by atoms with E-state index in [1.807, 2.05) is 44.2 Å². The van der Waals surface area contributed by atoms with E-state index in [9.17, 15) is 23.6 Å². The molecular weight excluding hydrogens is 792 g/mol. The van der Waals surface area contributed by atoms with Gasteiger partial charge in [-0.1, -0.05) is 92.7 Å². The average molecular weight is 841 g/mol. The number of carbonyl (C=O) groups is 4. The monoisotopic (exact) mass is 840 g/mol. The zero-order chi connectivity index (χ0) is 43.5. The fraction of sp³-hybridized carbons (Fsp3) is 0.319. The van der Waals surface area contributed by atoms with E-state index < -0.39 is 42.4 Å². The van der Waals surface area contributed by atoms with Gasteiger partial charge in [-0.2, -0.15) is 0 Å². The number of aromatic nitrogens is 4. The van der Waals surface area contributed by atoms with Crippen molar-refractivity contribution in [2.24, 2.45) is 5.92 Å². The SMILES string of the molecule is COC(=O)NC(C(=O)N1CC(F)CC1c1ncc(-c2ccc(-c3ccc4cc(-c5cnc(C6CCCN6C(=O)C(NC(=O)OC)C(C)C)[nH]5)ccc4c3)cc2)[nH]1)c1ccccc1. The van der Waals surface area contributed by atoms with Crippen LogP contribution in [0.2, 0.25) is 0 Å². The van der Waals surface area contributed by atoms with Crippen molar-refractivity contribution in [2.75, 3.05) is 27.3 Å². The Morgan fingerprint density at radius 3 is 1.95 bits per heavy atom. The normalized spacial score (nSPS) is 18.5. The van der Waals surface area contributed by atoms with Crippen molar-refractivity contribution < 1.29 is 33.0 Å². The zero-order valence-corrected chi connectivity index (χ0v) is 34.9. The van der Waals surface area contributed by atoms with Gasteiger partial charge in [-0.3, -0.25) is 9.59 Å². The number of nitrogens with one attached hydrogen (secondary N) is 4. The van der Waals surface area contributed by atoms with Gasteiger partial charge in [-0.05, 0) is 63.9 Å². The molecule has 6 aromatic rings. The number of hydrogen-bond donors (Lipinski definition) is 4. The van der Waals surface area contributed by atoms with Gasteiger partial charge in [0.2, 0.25) is 5.91 Å². The number of methoxy groups -OCH3 is 2. The maximum atomic E-state index is 15.0. The van der Waals surface area contributed by atoms with Gasteiger partial charge in [0, 0.05) is 18.5 Å². The van der Waals surface area contributed by atoms with Crippen molar-refractivity contribution in [3.63, 3.8) is 0 Å². The van der Waals surface area contributed by atoms with Crippen molar-refractivity contribution in [2.45, 2.75) is 63.4 Å². The van der Waals surface area contributed by atoms with Gasteiger partial charge in [0.25, 0.3) is 5.91 Å². The second kappa shape index (κ2) is 17.9. The molecule has 62 heavy (non-hydrogen) atoms. The number of ether oxygens (including phenoxy) is 2. The summed E-state index contributed by atoms with van der Waals surface area (Å²) in [5.41, 5.74) is 6.04. The summed E-state index contributed by atoms with van der Waals surface area (Å²) >= 11 is 0. The highest BCUT2D eigenvalue weighted by atomic mass is 19.1. The third-order valence-corrected chi connectivity index (χ3v) is 11.8.